The lowest BCUT2D eigenvalue weighted by molar-refractivity contribution is -0.130. The lowest BCUT2D eigenvalue weighted by Crippen LogP contribution is -2.04. The molecule has 1 aromatic carbocycles. The fourth-order valence-corrected chi connectivity index (χ4v) is 2.26. The highest BCUT2D eigenvalue weighted by molar-refractivity contribution is 6.11. The molecule has 0 spiro atoms. The minimum absolute atomic E-state index is 0.128. The predicted molar refractivity (Wildman–Crippen MR) is 85.4 cm³/mol. The van der Waals surface area contributed by atoms with Gasteiger partial charge in [-0.05, 0) is 35.9 Å². The first-order valence-electron chi connectivity index (χ1n) is 7.02. The summed E-state index contributed by atoms with van der Waals surface area (Å²) in [5.74, 6) is 1.38. The Morgan fingerprint density at radius 3 is 2.33 bits per heavy atom. The molecule has 0 amide bonds. The molecule has 1 aliphatic heterocycles. The maximum absolute atomic E-state index is 12.0. The Balaban J connectivity index is 2.00. The first-order valence-corrected chi connectivity index (χ1v) is 7.02. The minimum atomic E-state index is -0.560. The van der Waals surface area contributed by atoms with Crippen molar-refractivity contribution in [1.29, 1.82) is 0 Å². The fourth-order valence-electron chi connectivity index (χ4n) is 2.26. The molecule has 0 atom stereocenters. The molecular weight excluding hydrogens is 314 g/mol. The molecule has 0 unspecified atom stereocenters. The van der Waals surface area contributed by atoms with E-state index in [1.54, 1.807) is 30.3 Å². The number of cyclic esters (lactones) is 1. The Hall–Kier alpha value is -3.22. The molecule has 0 saturated heterocycles. The van der Waals surface area contributed by atoms with Crippen molar-refractivity contribution in [2.24, 2.45) is 4.99 Å². The second kappa shape index (κ2) is 6.49. The summed E-state index contributed by atoms with van der Waals surface area (Å²) in [5, 5.41) is 0. The fraction of sp³-hybridized carbons (Fsp3) is 0.176. The standard InChI is InChI=1S/C17H15NO6/c1-20-13-8-10(9-14(21-2)15(13)22-3)7-11-17(19)24-16(18-11)12-5-4-6-23-12/h4-9H,1-3H3/b11-7+. The van der Waals surface area contributed by atoms with E-state index in [1.165, 1.54) is 27.6 Å². The van der Waals surface area contributed by atoms with Crippen molar-refractivity contribution in [3.63, 3.8) is 0 Å². The Bertz CT molecular complexity index is 795. The number of hydrogen-bond acceptors (Lipinski definition) is 7. The summed E-state index contributed by atoms with van der Waals surface area (Å²) in [5.41, 5.74) is 0.802. The van der Waals surface area contributed by atoms with Crippen LogP contribution in [0.15, 0.2) is 45.6 Å². The molecule has 7 heteroatoms. The van der Waals surface area contributed by atoms with Crippen LogP contribution >= 0.6 is 0 Å². The Morgan fingerprint density at radius 1 is 1.08 bits per heavy atom. The van der Waals surface area contributed by atoms with E-state index in [0.29, 0.717) is 28.6 Å². The van der Waals surface area contributed by atoms with E-state index in [0.717, 1.165) is 0 Å². The smallest absolute Gasteiger partial charge is 0.363 e. The van der Waals surface area contributed by atoms with Crippen molar-refractivity contribution in [3.05, 3.63) is 47.5 Å². The maximum Gasteiger partial charge on any atom is 0.363 e. The quantitative estimate of drug-likeness (QED) is 0.620. The van der Waals surface area contributed by atoms with E-state index in [2.05, 4.69) is 4.99 Å². The second-order valence-electron chi connectivity index (χ2n) is 4.77. The highest BCUT2D eigenvalue weighted by Gasteiger charge is 2.26. The summed E-state index contributed by atoms with van der Waals surface area (Å²) in [7, 11) is 4.56. The third-order valence-corrected chi connectivity index (χ3v) is 3.34. The zero-order valence-electron chi connectivity index (χ0n) is 13.4. The van der Waals surface area contributed by atoms with E-state index in [9.17, 15) is 4.79 Å². The molecule has 0 aliphatic carbocycles. The average molecular weight is 329 g/mol. The second-order valence-corrected chi connectivity index (χ2v) is 4.77. The van der Waals surface area contributed by atoms with Crippen molar-refractivity contribution in [2.75, 3.05) is 21.3 Å². The summed E-state index contributed by atoms with van der Waals surface area (Å²) in [6, 6.07) is 6.77. The van der Waals surface area contributed by atoms with Crippen LogP contribution in [-0.4, -0.2) is 33.2 Å². The van der Waals surface area contributed by atoms with Gasteiger partial charge in [0.25, 0.3) is 5.90 Å². The van der Waals surface area contributed by atoms with Crippen molar-refractivity contribution < 1.29 is 28.2 Å². The lowest BCUT2D eigenvalue weighted by atomic mass is 10.1. The minimum Gasteiger partial charge on any atom is -0.493 e. The average Bonchev–Trinajstić information content (AvgIpc) is 3.24. The van der Waals surface area contributed by atoms with E-state index in [4.69, 9.17) is 23.4 Å². The van der Waals surface area contributed by atoms with Crippen LogP contribution in [-0.2, 0) is 9.53 Å². The van der Waals surface area contributed by atoms with Crippen LogP contribution in [0.3, 0.4) is 0 Å². The number of aliphatic imine (C=N–C) groups is 1. The maximum atomic E-state index is 12.0. The number of furan rings is 1. The molecule has 1 aromatic heterocycles. The normalized spacial score (nSPS) is 15.2. The molecule has 1 aliphatic rings. The Labute approximate surface area is 138 Å². The number of hydrogen-bond donors (Lipinski definition) is 0. The molecule has 2 heterocycles. The van der Waals surface area contributed by atoms with Gasteiger partial charge in [-0.3, -0.25) is 0 Å². The Kier molecular flexibility index (Phi) is 4.24. The van der Waals surface area contributed by atoms with E-state index in [1.807, 2.05) is 0 Å². The number of carbonyl (C=O) groups is 1. The summed E-state index contributed by atoms with van der Waals surface area (Å²) in [6.45, 7) is 0. The molecule has 124 valence electrons. The van der Waals surface area contributed by atoms with E-state index in [-0.39, 0.29) is 11.6 Å². The van der Waals surface area contributed by atoms with Crippen molar-refractivity contribution in [2.45, 2.75) is 0 Å². The van der Waals surface area contributed by atoms with E-state index < -0.39 is 5.97 Å². The number of nitrogens with zero attached hydrogens (tertiary/aromatic N) is 1. The van der Waals surface area contributed by atoms with Crippen LogP contribution in [0.5, 0.6) is 17.2 Å². The van der Waals surface area contributed by atoms with Gasteiger partial charge in [0.1, 0.15) is 0 Å². The summed E-state index contributed by atoms with van der Waals surface area (Å²) < 4.78 is 26.1. The third-order valence-electron chi connectivity index (χ3n) is 3.34. The van der Waals surface area contributed by atoms with Gasteiger partial charge in [0, 0.05) is 0 Å². The third kappa shape index (κ3) is 2.83. The zero-order valence-corrected chi connectivity index (χ0v) is 13.4. The number of benzene rings is 1. The van der Waals surface area contributed by atoms with Crippen molar-refractivity contribution in [1.82, 2.24) is 0 Å². The molecule has 7 nitrogen and oxygen atoms in total. The monoisotopic (exact) mass is 329 g/mol. The number of methoxy groups -OCH3 is 3. The topological polar surface area (TPSA) is 79.5 Å². The molecule has 0 N–H and O–H groups in total. The largest absolute Gasteiger partial charge is 0.493 e. The number of ether oxygens (including phenoxy) is 4. The highest BCUT2D eigenvalue weighted by atomic mass is 16.6. The van der Waals surface area contributed by atoms with Crippen LogP contribution in [0.25, 0.3) is 6.08 Å². The van der Waals surface area contributed by atoms with Crippen LogP contribution in [0, 0.1) is 0 Å². The zero-order chi connectivity index (χ0) is 17.1. The van der Waals surface area contributed by atoms with E-state index >= 15 is 0 Å². The highest BCUT2D eigenvalue weighted by Crippen LogP contribution is 2.39. The summed E-state index contributed by atoms with van der Waals surface area (Å²) in [4.78, 5) is 16.1. The van der Waals surface area contributed by atoms with Gasteiger partial charge < -0.3 is 23.4 Å². The van der Waals surface area contributed by atoms with Crippen LogP contribution < -0.4 is 14.2 Å². The number of carbonyl (C=O) groups excluding carboxylic acids is 1. The molecule has 2 aromatic rings. The van der Waals surface area contributed by atoms with Gasteiger partial charge in [-0.25, -0.2) is 9.79 Å². The van der Waals surface area contributed by atoms with Gasteiger partial charge >= 0.3 is 5.97 Å². The SMILES string of the molecule is COc1cc(/C=C2/N=C(c3ccco3)OC2=O)cc(OC)c1OC. The van der Waals surface area contributed by atoms with Crippen LogP contribution in [0.4, 0.5) is 0 Å². The molecule has 24 heavy (non-hydrogen) atoms. The van der Waals surface area contributed by atoms with Gasteiger partial charge in [0.2, 0.25) is 5.75 Å². The number of rotatable bonds is 5. The molecule has 3 rings (SSSR count). The van der Waals surface area contributed by atoms with Crippen LogP contribution in [0.1, 0.15) is 11.3 Å². The van der Waals surface area contributed by atoms with Gasteiger partial charge in [0.05, 0.1) is 27.6 Å². The van der Waals surface area contributed by atoms with Crippen molar-refractivity contribution >= 4 is 17.9 Å². The Morgan fingerprint density at radius 2 is 1.79 bits per heavy atom. The lowest BCUT2D eigenvalue weighted by Gasteiger charge is -2.12. The summed E-state index contributed by atoms with van der Waals surface area (Å²) >= 11 is 0. The van der Waals surface area contributed by atoms with Gasteiger partial charge in [-0.1, -0.05) is 0 Å². The molecule has 0 saturated carbocycles. The number of esters is 1. The molecular formula is C17H15NO6. The predicted octanol–water partition coefficient (Wildman–Crippen LogP) is 2.65. The molecule has 0 radical (unpaired) electrons. The first-order chi connectivity index (χ1) is 11.7. The van der Waals surface area contributed by atoms with Gasteiger partial charge in [-0.15, -0.1) is 0 Å². The molecule has 0 bridgehead atoms. The molecule has 0 fully saturated rings. The first kappa shape index (κ1) is 15.7. The van der Waals surface area contributed by atoms with Gasteiger partial charge in [-0.2, -0.15) is 0 Å². The van der Waals surface area contributed by atoms with Gasteiger partial charge in [0.15, 0.2) is 23.0 Å². The summed E-state index contributed by atoms with van der Waals surface area (Å²) in [6.07, 6.45) is 3.05. The van der Waals surface area contributed by atoms with Crippen molar-refractivity contribution in [3.8, 4) is 17.2 Å². The van der Waals surface area contributed by atoms with Crippen LogP contribution in [0.2, 0.25) is 0 Å².